The van der Waals surface area contributed by atoms with Crippen LogP contribution in [0.2, 0.25) is 0 Å². The van der Waals surface area contributed by atoms with Gasteiger partial charge in [-0.1, -0.05) is 24.3 Å². The molecule has 4 heteroatoms. The van der Waals surface area contributed by atoms with Gasteiger partial charge in [0.2, 0.25) is 5.91 Å². The summed E-state index contributed by atoms with van der Waals surface area (Å²) >= 11 is 0. The Bertz CT molecular complexity index is 677. The van der Waals surface area contributed by atoms with Gasteiger partial charge in [0.1, 0.15) is 11.5 Å². The molecule has 0 radical (unpaired) electrons. The molecule has 0 aliphatic carbocycles. The zero-order chi connectivity index (χ0) is 15.2. The SMILES string of the molecule is COc1ccccc1/C=C/C(=O)Nc1ccc(C)cc1O. The highest BCUT2D eigenvalue weighted by Gasteiger charge is 2.04. The summed E-state index contributed by atoms with van der Waals surface area (Å²) in [4.78, 5) is 11.9. The number of phenolic OH excluding ortho intramolecular Hbond substituents is 1. The van der Waals surface area contributed by atoms with Crippen LogP contribution in [0.15, 0.2) is 48.5 Å². The van der Waals surface area contributed by atoms with Gasteiger partial charge in [0.05, 0.1) is 12.8 Å². The molecule has 0 heterocycles. The lowest BCUT2D eigenvalue weighted by atomic mass is 10.2. The van der Waals surface area contributed by atoms with Gasteiger partial charge < -0.3 is 15.2 Å². The van der Waals surface area contributed by atoms with Crippen LogP contribution in [-0.2, 0) is 4.79 Å². The fourth-order valence-corrected chi connectivity index (χ4v) is 1.89. The highest BCUT2D eigenvalue weighted by molar-refractivity contribution is 6.02. The number of ether oxygens (including phenoxy) is 1. The smallest absolute Gasteiger partial charge is 0.248 e. The van der Waals surface area contributed by atoms with Crippen LogP contribution in [0.5, 0.6) is 11.5 Å². The third-order valence-corrected chi connectivity index (χ3v) is 2.96. The summed E-state index contributed by atoms with van der Waals surface area (Å²) in [5, 5.41) is 12.4. The van der Waals surface area contributed by atoms with Gasteiger partial charge in [-0.15, -0.1) is 0 Å². The molecule has 108 valence electrons. The Morgan fingerprint density at radius 1 is 1.24 bits per heavy atom. The number of hydrogen-bond donors (Lipinski definition) is 2. The van der Waals surface area contributed by atoms with Crippen LogP contribution in [0.25, 0.3) is 6.08 Å². The molecule has 4 nitrogen and oxygen atoms in total. The molecule has 0 saturated carbocycles. The molecule has 0 spiro atoms. The van der Waals surface area contributed by atoms with Crippen molar-refractivity contribution in [3.8, 4) is 11.5 Å². The fourth-order valence-electron chi connectivity index (χ4n) is 1.89. The van der Waals surface area contributed by atoms with Gasteiger partial charge in [0, 0.05) is 11.6 Å². The average Bonchev–Trinajstić information content (AvgIpc) is 2.48. The molecule has 0 saturated heterocycles. The maximum atomic E-state index is 11.9. The van der Waals surface area contributed by atoms with Crippen molar-refractivity contribution in [3.05, 3.63) is 59.7 Å². The zero-order valence-corrected chi connectivity index (χ0v) is 12.0. The minimum absolute atomic E-state index is 0.0500. The van der Waals surface area contributed by atoms with Gasteiger partial charge in [0.25, 0.3) is 0 Å². The number of anilines is 1. The van der Waals surface area contributed by atoms with E-state index in [2.05, 4.69) is 5.32 Å². The van der Waals surface area contributed by atoms with Crippen molar-refractivity contribution in [2.45, 2.75) is 6.92 Å². The molecule has 2 aromatic carbocycles. The topological polar surface area (TPSA) is 58.6 Å². The summed E-state index contributed by atoms with van der Waals surface area (Å²) in [6.07, 6.45) is 3.07. The second-order valence-corrected chi connectivity index (χ2v) is 4.59. The van der Waals surface area contributed by atoms with Crippen LogP contribution in [0.4, 0.5) is 5.69 Å². The Balaban J connectivity index is 2.09. The number of amides is 1. The van der Waals surface area contributed by atoms with Gasteiger partial charge in [-0.05, 0) is 36.8 Å². The van der Waals surface area contributed by atoms with E-state index in [-0.39, 0.29) is 11.7 Å². The maximum Gasteiger partial charge on any atom is 0.248 e. The number of para-hydroxylation sites is 1. The van der Waals surface area contributed by atoms with Crippen LogP contribution in [0.3, 0.4) is 0 Å². The number of hydrogen-bond acceptors (Lipinski definition) is 3. The summed E-state index contributed by atoms with van der Waals surface area (Å²) in [5.74, 6) is 0.425. The Labute approximate surface area is 123 Å². The van der Waals surface area contributed by atoms with E-state index in [4.69, 9.17) is 4.74 Å². The van der Waals surface area contributed by atoms with Crippen molar-refractivity contribution in [1.29, 1.82) is 0 Å². The van der Waals surface area contributed by atoms with E-state index in [1.54, 1.807) is 25.3 Å². The molecule has 2 rings (SSSR count). The molecule has 2 aromatic rings. The van der Waals surface area contributed by atoms with E-state index < -0.39 is 0 Å². The first-order valence-corrected chi connectivity index (χ1v) is 6.52. The Morgan fingerprint density at radius 3 is 2.71 bits per heavy atom. The molecule has 0 aliphatic heterocycles. The summed E-state index contributed by atoms with van der Waals surface area (Å²) in [6.45, 7) is 1.87. The predicted octanol–water partition coefficient (Wildman–Crippen LogP) is 3.36. The lowest BCUT2D eigenvalue weighted by molar-refractivity contribution is -0.111. The van der Waals surface area contributed by atoms with E-state index in [0.29, 0.717) is 11.4 Å². The lowest BCUT2D eigenvalue weighted by Gasteiger charge is -2.06. The van der Waals surface area contributed by atoms with E-state index >= 15 is 0 Å². The molecule has 0 aliphatic rings. The van der Waals surface area contributed by atoms with Crippen molar-refractivity contribution in [1.82, 2.24) is 0 Å². The average molecular weight is 283 g/mol. The normalized spacial score (nSPS) is 10.6. The van der Waals surface area contributed by atoms with Crippen LogP contribution in [-0.4, -0.2) is 18.1 Å². The lowest BCUT2D eigenvalue weighted by Crippen LogP contribution is -2.07. The molecule has 0 aromatic heterocycles. The summed E-state index contributed by atoms with van der Waals surface area (Å²) < 4.78 is 5.21. The molecular weight excluding hydrogens is 266 g/mol. The maximum absolute atomic E-state index is 11.9. The largest absolute Gasteiger partial charge is 0.506 e. The summed E-state index contributed by atoms with van der Waals surface area (Å²) in [6, 6.07) is 12.5. The van der Waals surface area contributed by atoms with Crippen molar-refractivity contribution in [2.24, 2.45) is 0 Å². The number of phenols is 1. The molecule has 0 unspecified atom stereocenters. The van der Waals surface area contributed by atoms with Crippen LogP contribution < -0.4 is 10.1 Å². The molecule has 0 fully saturated rings. The third-order valence-electron chi connectivity index (χ3n) is 2.96. The van der Waals surface area contributed by atoms with Crippen LogP contribution in [0, 0.1) is 6.92 Å². The number of rotatable bonds is 4. The molecular formula is C17H17NO3. The Morgan fingerprint density at radius 2 is 2.00 bits per heavy atom. The second-order valence-electron chi connectivity index (χ2n) is 4.59. The van der Waals surface area contributed by atoms with E-state index in [1.807, 2.05) is 37.3 Å². The molecule has 0 bridgehead atoms. The van der Waals surface area contributed by atoms with Gasteiger partial charge in [0.15, 0.2) is 0 Å². The number of nitrogens with one attached hydrogen (secondary N) is 1. The minimum Gasteiger partial charge on any atom is -0.506 e. The first kappa shape index (κ1) is 14.7. The Hall–Kier alpha value is -2.75. The second kappa shape index (κ2) is 6.61. The summed E-state index contributed by atoms with van der Waals surface area (Å²) in [7, 11) is 1.58. The first-order valence-electron chi connectivity index (χ1n) is 6.52. The standard InChI is InChI=1S/C17H17NO3/c1-12-7-9-14(15(19)11-12)18-17(20)10-8-13-5-3-4-6-16(13)21-2/h3-11,19H,1-2H3,(H,18,20)/b10-8+. The highest BCUT2D eigenvalue weighted by Crippen LogP contribution is 2.24. The Kier molecular flexibility index (Phi) is 4.61. The van der Waals surface area contributed by atoms with E-state index in [1.165, 1.54) is 6.08 Å². The summed E-state index contributed by atoms with van der Waals surface area (Å²) in [5.41, 5.74) is 2.12. The quantitative estimate of drug-likeness (QED) is 0.668. The van der Waals surface area contributed by atoms with Crippen molar-refractivity contribution >= 4 is 17.7 Å². The van der Waals surface area contributed by atoms with Gasteiger partial charge in [-0.25, -0.2) is 0 Å². The van der Waals surface area contributed by atoms with Crippen molar-refractivity contribution < 1.29 is 14.6 Å². The van der Waals surface area contributed by atoms with Crippen molar-refractivity contribution in [2.75, 3.05) is 12.4 Å². The number of aromatic hydroxyl groups is 1. The molecule has 21 heavy (non-hydrogen) atoms. The van der Waals surface area contributed by atoms with Gasteiger partial charge in [-0.2, -0.15) is 0 Å². The predicted molar refractivity (Wildman–Crippen MR) is 83.5 cm³/mol. The number of benzene rings is 2. The number of aryl methyl sites for hydroxylation is 1. The molecule has 0 atom stereocenters. The van der Waals surface area contributed by atoms with Gasteiger partial charge >= 0.3 is 0 Å². The monoisotopic (exact) mass is 283 g/mol. The van der Waals surface area contributed by atoms with Crippen LogP contribution >= 0.6 is 0 Å². The number of carbonyl (C=O) groups is 1. The third kappa shape index (κ3) is 3.86. The molecule has 2 N–H and O–H groups in total. The molecule has 1 amide bonds. The first-order chi connectivity index (χ1) is 10.1. The van der Waals surface area contributed by atoms with Crippen molar-refractivity contribution in [3.63, 3.8) is 0 Å². The number of methoxy groups -OCH3 is 1. The minimum atomic E-state index is -0.319. The van der Waals surface area contributed by atoms with E-state index in [9.17, 15) is 9.90 Å². The fraction of sp³-hybridized carbons (Fsp3) is 0.118. The highest BCUT2D eigenvalue weighted by atomic mass is 16.5. The van der Waals surface area contributed by atoms with Gasteiger partial charge in [-0.3, -0.25) is 4.79 Å². The van der Waals surface area contributed by atoms with E-state index in [0.717, 1.165) is 11.1 Å². The number of carbonyl (C=O) groups excluding carboxylic acids is 1. The van der Waals surface area contributed by atoms with Crippen LogP contribution in [0.1, 0.15) is 11.1 Å². The zero-order valence-electron chi connectivity index (χ0n) is 12.0.